The first-order chi connectivity index (χ1) is 9.47. The first kappa shape index (κ1) is 15.3. The van der Waals surface area contributed by atoms with Crippen LogP contribution in [0.2, 0.25) is 0 Å². The van der Waals surface area contributed by atoms with E-state index in [1.54, 1.807) is 0 Å². The van der Waals surface area contributed by atoms with Gasteiger partial charge in [-0.3, -0.25) is 0 Å². The van der Waals surface area contributed by atoms with Gasteiger partial charge in [-0.25, -0.2) is 0 Å². The molecule has 1 heterocycles. The van der Waals surface area contributed by atoms with Crippen LogP contribution in [0.25, 0.3) is 0 Å². The van der Waals surface area contributed by atoms with E-state index in [1.807, 2.05) is 45.0 Å². The molecule has 1 aromatic rings. The highest BCUT2D eigenvalue weighted by Gasteiger charge is 2.29. The molecule has 112 valence electrons. The Morgan fingerprint density at radius 3 is 2.95 bits per heavy atom. The maximum atomic E-state index is 10.7. The fourth-order valence-electron chi connectivity index (χ4n) is 2.53. The third kappa shape index (κ3) is 4.20. The van der Waals surface area contributed by atoms with E-state index in [0.29, 0.717) is 13.0 Å². The maximum Gasteiger partial charge on any atom is 0.120 e. The monoisotopic (exact) mass is 279 g/mol. The third-order valence-electron chi connectivity index (χ3n) is 3.47. The first-order valence-electron chi connectivity index (χ1n) is 7.28. The molecule has 0 aliphatic carbocycles. The van der Waals surface area contributed by atoms with Crippen LogP contribution in [0.3, 0.4) is 0 Å². The van der Waals surface area contributed by atoms with Gasteiger partial charge in [-0.15, -0.1) is 0 Å². The Labute approximate surface area is 121 Å². The van der Waals surface area contributed by atoms with Gasteiger partial charge >= 0.3 is 0 Å². The number of benzene rings is 1. The summed E-state index contributed by atoms with van der Waals surface area (Å²) >= 11 is 0. The molecule has 0 radical (unpaired) electrons. The molecule has 20 heavy (non-hydrogen) atoms. The predicted molar refractivity (Wildman–Crippen MR) is 79.0 cm³/mol. The van der Waals surface area contributed by atoms with Crippen molar-refractivity contribution in [3.8, 4) is 5.75 Å². The molecule has 0 bridgehead atoms. The molecule has 4 nitrogen and oxygen atoms in total. The summed E-state index contributed by atoms with van der Waals surface area (Å²) in [6, 6.07) is 7.89. The van der Waals surface area contributed by atoms with Crippen LogP contribution in [0.4, 0.5) is 0 Å². The molecule has 0 spiro atoms. The highest BCUT2D eigenvalue weighted by Crippen LogP contribution is 2.29. The average molecular weight is 279 g/mol. The SMILES string of the molecule is CC(C)Oc1cccc(C(C)(O)CC2COCCN2)c1. The lowest BCUT2D eigenvalue weighted by Gasteiger charge is -2.32. The van der Waals surface area contributed by atoms with Gasteiger partial charge in [-0.2, -0.15) is 0 Å². The van der Waals surface area contributed by atoms with Crippen LogP contribution in [0, 0.1) is 0 Å². The lowest BCUT2D eigenvalue weighted by molar-refractivity contribution is 0.00304. The van der Waals surface area contributed by atoms with Crippen LogP contribution in [-0.4, -0.2) is 37.0 Å². The van der Waals surface area contributed by atoms with Crippen molar-refractivity contribution in [3.05, 3.63) is 29.8 Å². The van der Waals surface area contributed by atoms with Gasteiger partial charge in [0.25, 0.3) is 0 Å². The molecule has 4 heteroatoms. The lowest BCUT2D eigenvalue weighted by Crippen LogP contribution is -2.45. The van der Waals surface area contributed by atoms with E-state index in [1.165, 1.54) is 0 Å². The van der Waals surface area contributed by atoms with Crippen molar-refractivity contribution in [1.82, 2.24) is 5.32 Å². The lowest BCUT2D eigenvalue weighted by atomic mass is 9.89. The Morgan fingerprint density at radius 1 is 1.50 bits per heavy atom. The second kappa shape index (κ2) is 6.57. The summed E-state index contributed by atoms with van der Waals surface area (Å²) in [4.78, 5) is 0. The van der Waals surface area contributed by atoms with Crippen molar-refractivity contribution in [1.29, 1.82) is 0 Å². The van der Waals surface area contributed by atoms with Gasteiger partial charge in [-0.05, 0) is 44.9 Å². The van der Waals surface area contributed by atoms with Crippen LogP contribution in [0.1, 0.15) is 32.8 Å². The molecule has 0 amide bonds. The number of ether oxygens (including phenoxy) is 2. The Balaban J connectivity index is 2.07. The van der Waals surface area contributed by atoms with E-state index in [4.69, 9.17) is 9.47 Å². The molecule has 1 saturated heterocycles. The van der Waals surface area contributed by atoms with E-state index < -0.39 is 5.60 Å². The molecule has 1 fully saturated rings. The van der Waals surface area contributed by atoms with Crippen LogP contribution in [0.15, 0.2) is 24.3 Å². The average Bonchev–Trinajstić information content (AvgIpc) is 2.39. The summed E-state index contributed by atoms with van der Waals surface area (Å²) in [5, 5.41) is 14.1. The molecule has 1 aliphatic rings. The fourth-order valence-corrected chi connectivity index (χ4v) is 2.53. The summed E-state index contributed by atoms with van der Waals surface area (Å²) in [6.45, 7) is 8.08. The number of hydrogen-bond donors (Lipinski definition) is 2. The Kier molecular flexibility index (Phi) is 5.02. The minimum Gasteiger partial charge on any atom is -0.491 e. The molecule has 1 aliphatic heterocycles. The number of morpholine rings is 1. The molecule has 2 N–H and O–H groups in total. The van der Waals surface area contributed by atoms with Crippen molar-refractivity contribution in [2.24, 2.45) is 0 Å². The Hall–Kier alpha value is -1.10. The van der Waals surface area contributed by atoms with Crippen molar-refractivity contribution in [2.45, 2.75) is 44.9 Å². The minimum atomic E-state index is -0.894. The van der Waals surface area contributed by atoms with Gasteiger partial charge in [0.15, 0.2) is 0 Å². The summed E-state index contributed by atoms with van der Waals surface area (Å²) in [6.07, 6.45) is 0.751. The standard InChI is InChI=1S/C16H25NO3/c1-12(2)20-15-6-4-5-13(9-15)16(3,18)10-14-11-19-8-7-17-14/h4-6,9,12,14,17-18H,7-8,10-11H2,1-3H3. The van der Waals surface area contributed by atoms with Crippen molar-refractivity contribution in [2.75, 3.05) is 19.8 Å². The fraction of sp³-hybridized carbons (Fsp3) is 0.625. The van der Waals surface area contributed by atoms with E-state index >= 15 is 0 Å². The highest BCUT2D eigenvalue weighted by molar-refractivity contribution is 5.32. The topological polar surface area (TPSA) is 50.7 Å². The number of rotatable bonds is 5. The summed E-state index contributed by atoms with van der Waals surface area (Å²) in [5.74, 6) is 0.797. The zero-order chi connectivity index (χ0) is 14.6. The second-order valence-corrected chi connectivity index (χ2v) is 5.90. The predicted octanol–water partition coefficient (Wildman–Crippen LogP) is 2.06. The van der Waals surface area contributed by atoms with Crippen molar-refractivity contribution < 1.29 is 14.6 Å². The second-order valence-electron chi connectivity index (χ2n) is 5.90. The molecule has 2 unspecified atom stereocenters. The maximum absolute atomic E-state index is 10.7. The smallest absolute Gasteiger partial charge is 0.120 e. The van der Waals surface area contributed by atoms with Gasteiger partial charge in [0.2, 0.25) is 0 Å². The van der Waals surface area contributed by atoms with Gasteiger partial charge in [0.1, 0.15) is 5.75 Å². The summed E-state index contributed by atoms with van der Waals surface area (Å²) < 4.78 is 11.1. The largest absolute Gasteiger partial charge is 0.491 e. The molecule has 2 rings (SSSR count). The Morgan fingerprint density at radius 2 is 2.30 bits per heavy atom. The molecule has 0 saturated carbocycles. The zero-order valence-electron chi connectivity index (χ0n) is 12.6. The van der Waals surface area contributed by atoms with Gasteiger partial charge < -0.3 is 19.9 Å². The molecule has 1 aromatic carbocycles. The quantitative estimate of drug-likeness (QED) is 0.866. The number of hydrogen-bond acceptors (Lipinski definition) is 4. The van der Waals surface area contributed by atoms with Crippen molar-refractivity contribution in [3.63, 3.8) is 0 Å². The van der Waals surface area contributed by atoms with E-state index in [9.17, 15) is 5.11 Å². The van der Waals surface area contributed by atoms with E-state index in [-0.39, 0.29) is 12.1 Å². The van der Waals surface area contributed by atoms with Gasteiger partial charge in [-0.1, -0.05) is 12.1 Å². The van der Waals surface area contributed by atoms with Gasteiger partial charge in [0.05, 0.1) is 24.9 Å². The molecular weight excluding hydrogens is 254 g/mol. The minimum absolute atomic E-state index is 0.128. The zero-order valence-corrected chi connectivity index (χ0v) is 12.6. The van der Waals surface area contributed by atoms with Crippen LogP contribution >= 0.6 is 0 Å². The summed E-state index contributed by atoms with van der Waals surface area (Å²) in [7, 11) is 0. The van der Waals surface area contributed by atoms with E-state index in [0.717, 1.165) is 24.5 Å². The normalized spacial score (nSPS) is 22.6. The molecule has 0 aromatic heterocycles. The van der Waals surface area contributed by atoms with E-state index in [2.05, 4.69) is 5.32 Å². The first-order valence-corrected chi connectivity index (χ1v) is 7.28. The molecule has 2 atom stereocenters. The van der Waals surface area contributed by atoms with Crippen LogP contribution in [-0.2, 0) is 10.3 Å². The molecular formula is C16H25NO3. The van der Waals surface area contributed by atoms with Crippen LogP contribution in [0.5, 0.6) is 5.75 Å². The van der Waals surface area contributed by atoms with Gasteiger partial charge in [0, 0.05) is 12.6 Å². The van der Waals surface area contributed by atoms with Crippen LogP contribution < -0.4 is 10.1 Å². The Bertz CT molecular complexity index is 425. The highest BCUT2D eigenvalue weighted by atomic mass is 16.5. The van der Waals surface area contributed by atoms with Crippen molar-refractivity contribution >= 4 is 0 Å². The number of nitrogens with one attached hydrogen (secondary N) is 1. The summed E-state index contributed by atoms with van der Waals surface area (Å²) in [5.41, 5.74) is -0.0163. The third-order valence-corrected chi connectivity index (χ3v) is 3.47. The number of aliphatic hydroxyl groups is 1.